The lowest BCUT2D eigenvalue weighted by Gasteiger charge is -2.41. The highest BCUT2D eigenvalue weighted by molar-refractivity contribution is 5.79. The monoisotopic (exact) mass is 306 g/mol. The summed E-state index contributed by atoms with van der Waals surface area (Å²) in [5.41, 5.74) is -0.914. The summed E-state index contributed by atoms with van der Waals surface area (Å²) in [6, 6.07) is 15.0. The van der Waals surface area contributed by atoms with Crippen molar-refractivity contribution < 1.29 is 13.2 Å². The minimum atomic E-state index is -4.46. The van der Waals surface area contributed by atoms with Crippen molar-refractivity contribution in [1.29, 1.82) is 0 Å². The van der Waals surface area contributed by atoms with Crippen LogP contribution in [0.4, 0.5) is 24.5 Å². The fourth-order valence-corrected chi connectivity index (χ4v) is 3.06. The lowest BCUT2D eigenvalue weighted by atomic mass is 9.97. The molecule has 2 nitrogen and oxygen atoms in total. The molecule has 0 saturated heterocycles. The van der Waals surface area contributed by atoms with E-state index >= 15 is 0 Å². The fraction of sp³-hybridized carbons (Fsp3) is 0.294. The molecule has 0 fully saturated rings. The van der Waals surface area contributed by atoms with Gasteiger partial charge in [-0.2, -0.15) is 13.2 Å². The molecule has 0 radical (unpaired) electrons. The van der Waals surface area contributed by atoms with E-state index in [1.54, 1.807) is 42.5 Å². The average Bonchev–Trinajstić information content (AvgIpc) is 2.84. The number of nitrogens with one attached hydrogen (secondary N) is 1. The molecule has 0 amide bonds. The largest absolute Gasteiger partial charge is 0.435 e. The molecule has 5 heteroatoms. The van der Waals surface area contributed by atoms with Crippen molar-refractivity contribution in [3.8, 4) is 0 Å². The number of anilines is 2. The maximum Gasteiger partial charge on any atom is 0.435 e. The summed E-state index contributed by atoms with van der Waals surface area (Å²) in [5, 5.41) is 2.74. The van der Waals surface area contributed by atoms with Crippen LogP contribution < -0.4 is 10.2 Å². The number of hydrogen-bond donors (Lipinski definition) is 1. The number of benzene rings is 2. The minimum Gasteiger partial charge on any atom is -0.350 e. The average molecular weight is 306 g/mol. The van der Waals surface area contributed by atoms with E-state index < -0.39 is 11.8 Å². The van der Waals surface area contributed by atoms with Crippen LogP contribution in [0.2, 0.25) is 0 Å². The van der Waals surface area contributed by atoms with E-state index in [0.29, 0.717) is 24.3 Å². The van der Waals surface area contributed by atoms with Crippen molar-refractivity contribution in [1.82, 2.24) is 0 Å². The first kappa shape index (κ1) is 14.8. The highest BCUT2D eigenvalue weighted by atomic mass is 19.4. The summed E-state index contributed by atoms with van der Waals surface area (Å²) < 4.78 is 42.4. The van der Waals surface area contributed by atoms with E-state index in [1.165, 1.54) is 17.0 Å². The van der Waals surface area contributed by atoms with E-state index in [2.05, 4.69) is 5.32 Å². The third-order valence-corrected chi connectivity index (χ3v) is 3.96. The number of rotatable bonds is 3. The van der Waals surface area contributed by atoms with Crippen molar-refractivity contribution in [3.63, 3.8) is 0 Å². The Bertz CT molecular complexity index is 654. The van der Waals surface area contributed by atoms with Gasteiger partial charge >= 0.3 is 6.18 Å². The van der Waals surface area contributed by atoms with E-state index in [9.17, 15) is 13.2 Å². The van der Waals surface area contributed by atoms with Crippen molar-refractivity contribution in [2.45, 2.75) is 25.2 Å². The molecule has 1 aliphatic rings. The first-order chi connectivity index (χ1) is 10.5. The van der Waals surface area contributed by atoms with E-state index in [0.717, 1.165) is 0 Å². The molecule has 0 spiro atoms. The van der Waals surface area contributed by atoms with Crippen LogP contribution in [0.25, 0.3) is 0 Å². The zero-order chi connectivity index (χ0) is 15.8. The van der Waals surface area contributed by atoms with Gasteiger partial charge in [0.1, 0.15) is 0 Å². The van der Waals surface area contributed by atoms with Crippen molar-refractivity contribution in [3.05, 3.63) is 60.2 Å². The molecule has 1 atom stereocenters. The molecule has 0 aliphatic carbocycles. The van der Waals surface area contributed by atoms with Crippen molar-refractivity contribution in [2.75, 3.05) is 16.8 Å². The molecule has 1 aliphatic heterocycles. The molecule has 0 bridgehead atoms. The maximum absolute atomic E-state index is 14.1. The Hall–Kier alpha value is -2.17. The number of alkyl halides is 3. The quantitative estimate of drug-likeness (QED) is 0.881. The molecule has 116 valence electrons. The summed E-state index contributed by atoms with van der Waals surface area (Å²) in [7, 11) is 0. The molecule has 2 aromatic rings. The minimum absolute atomic E-state index is 0.201. The number of hydrogen-bond acceptors (Lipinski definition) is 2. The Morgan fingerprint density at radius 1 is 1.00 bits per heavy atom. The zero-order valence-electron chi connectivity index (χ0n) is 12.2. The summed E-state index contributed by atoms with van der Waals surface area (Å²) in [4.78, 5) is 1.43. The zero-order valence-corrected chi connectivity index (χ0v) is 12.2. The Balaban J connectivity index is 2.23. The molecular weight excluding hydrogens is 289 g/mol. The molecule has 1 unspecified atom stereocenters. The second-order valence-corrected chi connectivity index (χ2v) is 5.37. The van der Waals surface area contributed by atoms with Crippen LogP contribution in [0.5, 0.6) is 0 Å². The van der Waals surface area contributed by atoms with Crippen LogP contribution in [0.1, 0.15) is 18.9 Å². The molecule has 2 aromatic carbocycles. The SMILES string of the molecule is CCCN1c2ccccc2NC1(c1ccccc1)C(F)(F)F. The van der Waals surface area contributed by atoms with Crippen LogP contribution >= 0.6 is 0 Å². The van der Waals surface area contributed by atoms with Gasteiger partial charge in [-0.15, -0.1) is 0 Å². The van der Waals surface area contributed by atoms with Gasteiger partial charge in [0, 0.05) is 12.1 Å². The standard InChI is InChI=1S/C17H17F3N2/c1-2-12-22-15-11-7-6-10-14(15)21-16(22,17(18,19)20)13-8-4-3-5-9-13/h3-11,21H,2,12H2,1H3. The topological polar surface area (TPSA) is 15.3 Å². The Labute approximate surface area is 127 Å². The van der Waals surface area contributed by atoms with Crippen LogP contribution in [-0.2, 0) is 5.66 Å². The second-order valence-electron chi connectivity index (χ2n) is 5.37. The maximum atomic E-state index is 14.1. The van der Waals surface area contributed by atoms with Crippen molar-refractivity contribution >= 4 is 11.4 Å². The molecule has 22 heavy (non-hydrogen) atoms. The van der Waals surface area contributed by atoms with Crippen molar-refractivity contribution in [2.24, 2.45) is 0 Å². The third-order valence-electron chi connectivity index (χ3n) is 3.96. The number of fused-ring (bicyclic) bond motifs is 1. The van der Waals surface area contributed by atoms with Gasteiger partial charge in [-0.05, 0) is 18.6 Å². The fourth-order valence-electron chi connectivity index (χ4n) is 3.06. The van der Waals surface area contributed by atoms with Gasteiger partial charge < -0.3 is 10.2 Å². The number of halogens is 3. The summed E-state index contributed by atoms with van der Waals surface area (Å²) in [6.07, 6.45) is -3.83. The molecule has 3 rings (SSSR count). The highest BCUT2D eigenvalue weighted by Gasteiger charge is 2.63. The van der Waals surface area contributed by atoms with Gasteiger partial charge in [-0.3, -0.25) is 0 Å². The van der Waals surface area contributed by atoms with E-state index in [4.69, 9.17) is 0 Å². The van der Waals surface area contributed by atoms with Gasteiger partial charge in [0.05, 0.1) is 11.4 Å². The van der Waals surface area contributed by atoms with E-state index in [-0.39, 0.29) is 5.56 Å². The van der Waals surface area contributed by atoms with E-state index in [1.807, 2.05) is 6.92 Å². The highest BCUT2D eigenvalue weighted by Crippen LogP contribution is 2.52. The number of para-hydroxylation sites is 2. The lowest BCUT2D eigenvalue weighted by molar-refractivity contribution is -0.181. The third kappa shape index (κ3) is 2.03. The van der Waals surface area contributed by atoms with Crippen LogP contribution in [-0.4, -0.2) is 12.7 Å². The summed E-state index contributed by atoms with van der Waals surface area (Å²) >= 11 is 0. The second kappa shape index (κ2) is 5.23. The smallest absolute Gasteiger partial charge is 0.350 e. The Kier molecular flexibility index (Phi) is 3.51. The molecular formula is C17H17F3N2. The first-order valence-electron chi connectivity index (χ1n) is 7.28. The van der Waals surface area contributed by atoms with Gasteiger partial charge in [-0.1, -0.05) is 49.4 Å². The normalized spacial score (nSPS) is 20.6. The molecule has 1 heterocycles. The molecule has 0 aromatic heterocycles. The van der Waals surface area contributed by atoms with Gasteiger partial charge in [0.2, 0.25) is 5.66 Å². The predicted octanol–water partition coefficient (Wildman–Crippen LogP) is 4.74. The predicted molar refractivity (Wildman–Crippen MR) is 81.9 cm³/mol. The molecule has 1 N–H and O–H groups in total. The number of nitrogens with zero attached hydrogens (tertiary/aromatic N) is 1. The van der Waals surface area contributed by atoms with Crippen LogP contribution in [0.3, 0.4) is 0 Å². The molecule has 0 saturated carbocycles. The lowest BCUT2D eigenvalue weighted by Crippen LogP contribution is -2.58. The summed E-state index contributed by atoms with van der Waals surface area (Å²) in [6.45, 7) is 2.20. The van der Waals surface area contributed by atoms with Gasteiger partial charge in [0.25, 0.3) is 0 Å². The Morgan fingerprint density at radius 3 is 2.27 bits per heavy atom. The van der Waals surface area contributed by atoms with Gasteiger partial charge in [-0.25, -0.2) is 0 Å². The summed E-state index contributed by atoms with van der Waals surface area (Å²) in [5.74, 6) is 0. The van der Waals surface area contributed by atoms with Crippen LogP contribution in [0.15, 0.2) is 54.6 Å². The van der Waals surface area contributed by atoms with Crippen LogP contribution in [0, 0.1) is 0 Å². The Morgan fingerprint density at radius 2 is 1.64 bits per heavy atom. The van der Waals surface area contributed by atoms with Gasteiger partial charge in [0.15, 0.2) is 0 Å². The first-order valence-corrected chi connectivity index (χ1v) is 7.28.